The molecule has 28 heavy (non-hydrogen) atoms. The van der Waals surface area contributed by atoms with Gasteiger partial charge in [-0.2, -0.15) is 22.0 Å². The normalized spacial score (nSPS) is 11.7. The van der Waals surface area contributed by atoms with Crippen molar-refractivity contribution in [2.45, 2.75) is 6.18 Å². The van der Waals surface area contributed by atoms with Crippen LogP contribution in [0.1, 0.15) is 11.1 Å². The Kier molecular flexibility index (Phi) is 5.32. The molecule has 0 aliphatic carbocycles. The molecule has 0 fully saturated rings. The summed E-state index contributed by atoms with van der Waals surface area (Å²) in [6.07, 6.45) is -5.88. The molecule has 0 saturated carbocycles. The van der Waals surface area contributed by atoms with Gasteiger partial charge in [-0.1, -0.05) is 6.58 Å². The van der Waals surface area contributed by atoms with Crippen molar-refractivity contribution >= 4 is 5.76 Å². The van der Waals surface area contributed by atoms with E-state index in [9.17, 15) is 52.7 Å². The lowest BCUT2D eigenvalue weighted by atomic mass is 10.1. The van der Waals surface area contributed by atoms with E-state index in [0.717, 1.165) is 0 Å². The van der Waals surface area contributed by atoms with Crippen LogP contribution >= 0.6 is 0 Å². The summed E-state index contributed by atoms with van der Waals surface area (Å²) < 4.78 is 162. The fourth-order valence-corrected chi connectivity index (χ4v) is 1.97. The molecule has 13 heteroatoms. The maximum Gasteiger partial charge on any atom is 0.422 e. The number of halogens is 12. The van der Waals surface area contributed by atoms with Crippen LogP contribution in [0, 0.1) is 52.4 Å². The molecular formula is C15H2F12O. The lowest BCUT2D eigenvalue weighted by Crippen LogP contribution is -2.16. The van der Waals surface area contributed by atoms with Crippen LogP contribution in [0.25, 0.3) is 5.76 Å². The van der Waals surface area contributed by atoms with Crippen molar-refractivity contribution in [2.24, 2.45) is 0 Å². The fraction of sp³-hybridized carbons (Fsp3) is 0.0667. The van der Waals surface area contributed by atoms with Gasteiger partial charge >= 0.3 is 6.18 Å². The van der Waals surface area contributed by atoms with Gasteiger partial charge in [-0.3, -0.25) is 0 Å². The topological polar surface area (TPSA) is 9.23 Å². The third kappa shape index (κ3) is 3.24. The molecule has 0 aromatic heterocycles. The molecule has 2 aromatic rings. The Balaban J connectivity index is 2.65. The summed E-state index contributed by atoms with van der Waals surface area (Å²) in [6, 6.07) is 0. The average molecular weight is 426 g/mol. The molecule has 0 radical (unpaired) electrons. The molecule has 0 amide bonds. The summed E-state index contributed by atoms with van der Waals surface area (Å²) >= 11 is 0. The second-order valence-corrected chi connectivity index (χ2v) is 4.93. The van der Waals surface area contributed by atoms with Crippen molar-refractivity contribution < 1.29 is 57.4 Å². The highest BCUT2D eigenvalue weighted by molar-refractivity contribution is 5.62. The van der Waals surface area contributed by atoms with E-state index in [0.29, 0.717) is 0 Å². The Morgan fingerprint density at radius 1 is 0.571 bits per heavy atom. The first-order valence-corrected chi connectivity index (χ1v) is 6.53. The summed E-state index contributed by atoms with van der Waals surface area (Å²) in [7, 11) is 0. The highest BCUT2D eigenvalue weighted by atomic mass is 19.4. The molecule has 0 aliphatic rings. The maximum absolute atomic E-state index is 13.7. The van der Waals surface area contributed by atoms with Gasteiger partial charge in [-0.25, -0.2) is 30.7 Å². The molecule has 0 heterocycles. The van der Waals surface area contributed by atoms with Gasteiger partial charge in [0.2, 0.25) is 23.2 Å². The second kappa shape index (κ2) is 6.95. The van der Waals surface area contributed by atoms with Gasteiger partial charge in [0.15, 0.2) is 34.9 Å². The third-order valence-electron chi connectivity index (χ3n) is 3.22. The van der Waals surface area contributed by atoms with Crippen LogP contribution in [0.15, 0.2) is 6.58 Å². The van der Waals surface area contributed by atoms with Crippen molar-refractivity contribution in [1.82, 2.24) is 0 Å². The second-order valence-electron chi connectivity index (χ2n) is 4.93. The van der Waals surface area contributed by atoms with Crippen molar-refractivity contribution in [2.75, 3.05) is 0 Å². The van der Waals surface area contributed by atoms with Gasteiger partial charge in [0.05, 0.1) is 5.56 Å². The third-order valence-corrected chi connectivity index (χ3v) is 3.22. The zero-order chi connectivity index (χ0) is 21.7. The van der Waals surface area contributed by atoms with E-state index in [-0.39, 0.29) is 0 Å². The largest absolute Gasteiger partial charge is 0.451 e. The first-order chi connectivity index (χ1) is 12.7. The van der Waals surface area contributed by atoms with Gasteiger partial charge in [0.1, 0.15) is 11.3 Å². The number of hydrogen-bond donors (Lipinski definition) is 0. The highest BCUT2D eigenvalue weighted by Gasteiger charge is 2.43. The Hall–Kier alpha value is -2.86. The van der Waals surface area contributed by atoms with Crippen molar-refractivity contribution in [3.05, 3.63) is 70.1 Å². The van der Waals surface area contributed by atoms with Crippen LogP contribution in [-0.4, -0.2) is 0 Å². The zero-order valence-corrected chi connectivity index (χ0v) is 12.7. The molecule has 0 aliphatic heterocycles. The molecule has 2 aromatic carbocycles. The van der Waals surface area contributed by atoms with Crippen molar-refractivity contribution in [1.29, 1.82) is 0 Å². The maximum atomic E-state index is 13.7. The summed E-state index contributed by atoms with van der Waals surface area (Å²) in [5, 5.41) is 0. The number of hydrogen-bond acceptors (Lipinski definition) is 1. The van der Waals surface area contributed by atoms with Crippen molar-refractivity contribution in [3.63, 3.8) is 0 Å². The van der Waals surface area contributed by atoms with Crippen molar-refractivity contribution in [3.8, 4) is 5.75 Å². The predicted octanol–water partition coefficient (Wildman–Crippen LogP) is 6.01. The SMILES string of the molecule is C=C(Oc1c(F)c(F)c(C(F)(F)F)c(F)c1F)c1c(F)c(F)c(F)c(F)c1F. The predicted molar refractivity (Wildman–Crippen MR) is 67.2 cm³/mol. The van der Waals surface area contributed by atoms with E-state index in [1.807, 2.05) is 0 Å². The van der Waals surface area contributed by atoms with E-state index >= 15 is 0 Å². The molecule has 0 bridgehead atoms. The van der Waals surface area contributed by atoms with E-state index in [1.165, 1.54) is 0 Å². The van der Waals surface area contributed by atoms with E-state index in [4.69, 9.17) is 0 Å². The lowest BCUT2D eigenvalue weighted by Gasteiger charge is -2.16. The van der Waals surface area contributed by atoms with Crippen LogP contribution in [0.3, 0.4) is 0 Å². The molecule has 0 saturated heterocycles. The number of ether oxygens (including phenoxy) is 1. The molecule has 0 unspecified atom stereocenters. The Bertz CT molecular complexity index is 934. The van der Waals surface area contributed by atoms with E-state index < -0.39 is 81.2 Å². The van der Waals surface area contributed by atoms with Gasteiger partial charge in [0, 0.05) is 0 Å². The smallest absolute Gasteiger partial charge is 0.422 e. The monoisotopic (exact) mass is 426 g/mol. The zero-order valence-electron chi connectivity index (χ0n) is 12.7. The Labute approximate surface area is 146 Å². The lowest BCUT2D eigenvalue weighted by molar-refractivity contribution is -0.143. The van der Waals surface area contributed by atoms with Crippen LogP contribution in [0.4, 0.5) is 52.7 Å². The average Bonchev–Trinajstić information content (AvgIpc) is 2.59. The molecule has 0 N–H and O–H groups in total. The van der Waals surface area contributed by atoms with Crippen LogP contribution in [-0.2, 0) is 6.18 Å². The minimum absolute atomic E-state index is 1.75. The summed E-state index contributed by atoms with van der Waals surface area (Å²) in [5.74, 6) is -28.4. The first-order valence-electron chi connectivity index (χ1n) is 6.53. The minimum Gasteiger partial charge on any atom is -0.451 e. The van der Waals surface area contributed by atoms with Gasteiger partial charge in [-0.05, 0) is 0 Å². The molecule has 0 atom stereocenters. The Morgan fingerprint density at radius 2 is 0.929 bits per heavy atom. The van der Waals surface area contributed by atoms with Gasteiger partial charge < -0.3 is 4.74 Å². The quantitative estimate of drug-likeness (QED) is 0.253. The van der Waals surface area contributed by atoms with Gasteiger partial charge in [0.25, 0.3) is 0 Å². The van der Waals surface area contributed by atoms with E-state index in [1.54, 1.807) is 0 Å². The fourth-order valence-electron chi connectivity index (χ4n) is 1.97. The van der Waals surface area contributed by atoms with Crippen LogP contribution in [0.2, 0.25) is 0 Å². The molecular weight excluding hydrogens is 424 g/mol. The Morgan fingerprint density at radius 3 is 1.29 bits per heavy atom. The highest BCUT2D eigenvalue weighted by Crippen LogP contribution is 2.40. The molecule has 2 rings (SSSR count). The standard InChI is InChI=1S/C15H2F12O/c1-2(3-5(16)9(20)11(22)10(21)6(3)17)28-14-12(23)7(18)4(15(25,26)27)8(19)13(14)24/h1H2. The number of rotatable bonds is 3. The van der Waals surface area contributed by atoms with Crippen LogP contribution < -0.4 is 4.74 Å². The first kappa shape index (κ1) is 21.4. The summed E-state index contributed by atoms with van der Waals surface area (Å²) in [4.78, 5) is 0. The minimum atomic E-state index is -5.88. The summed E-state index contributed by atoms with van der Waals surface area (Å²) in [5.41, 5.74) is -4.95. The van der Waals surface area contributed by atoms with E-state index in [2.05, 4.69) is 11.3 Å². The number of alkyl halides is 3. The van der Waals surface area contributed by atoms with Crippen LogP contribution in [0.5, 0.6) is 5.75 Å². The summed E-state index contributed by atoms with van der Waals surface area (Å²) in [6.45, 7) is 2.61. The number of benzene rings is 2. The molecule has 152 valence electrons. The molecule has 0 spiro atoms. The molecule has 1 nitrogen and oxygen atoms in total. The van der Waals surface area contributed by atoms with Gasteiger partial charge in [-0.15, -0.1) is 0 Å².